The minimum absolute atomic E-state index is 0.0386. The molecule has 1 aromatic carbocycles. The lowest BCUT2D eigenvalue weighted by Crippen LogP contribution is -2.33. The molecule has 2 heteroatoms. The summed E-state index contributed by atoms with van der Waals surface area (Å²) >= 11 is 0. The predicted octanol–water partition coefficient (Wildman–Crippen LogP) is 3.51. The first-order valence-electron chi connectivity index (χ1n) is 7.00. The Morgan fingerprint density at radius 1 is 1.06 bits per heavy atom. The molecule has 1 heterocycles. The van der Waals surface area contributed by atoms with Crippen molar-refractivity contribution < 1.29 is 9.47 Å². The van der Waals surface area contributed by atoms with Crippen molar-refractivity contribution in [2.75, 3.05) is 0 Å². The monoisotopic (exact) mass is 245 g/mol. The summed E-state index contributed by atoms with van der Waals surface area (Å²) in [6, 6.07) is 10.5. The molecule has 1 aliphatic heterocycles. The smallest absolute Gasteiger partial charge is 0.169 e. The topological polar surface area (TPSA) is 18.5 Å². The molecule has 1 spiro atoms. The summed E-state index contributed by atoms with van der Waals surface area (Å²) in [5.41, 5.74) is 1.30. The van der Waals surface area contributed by atoms with E-state index in [1.807, 2.05) is 6.07 Å². The molecule has 0 bridgehead atoms. The Morgan fingerprint density at radius 3 is 2.50 bits per heavy atom. The summed E-state index contributed by atoms with van der Waals surface area (Å²) in [4.78, 5) is 0. The molecule has 1 radical (unpaired) electrons. The van der Waals surface area contributed by atoms with Crippen LogP contribution in [0.15, 0.2) is 30.3 Å². The van der Waals surface area contributed by atoms with Crippen LogP contribution in [0.1, 0.15) is 37.7 Å². The maximum Gasteiger partial charge on any atom is 0.169 e. The summed E-state index contributed by atoms with van der Waals surface area (Å²) in [5, 5.41) is 0. The highest BCUT2D eigenvalue weighted by atomic mass is 16.8. The van der Waals surface area contributed by atoms with Crippen LogP contribution >= 0.6 is 0 Å². The van der Waals surface area contributed by atoms with Gasteiger partial charge in [0, 0.05) is 19.3 Å². The van der Waals surface area contributed by atoms with Gasteiger partial charge in [0.15, 0.2) is 5.79 Å². The molecular weight excluding hydrogens is 224 g/mol. The van der Waals surface area contributed by atoms with Gasteiger partial charge < -0.3 is 9.47 Å². The molecule has 2 nitrogen and oxygen atoms in total. The third-order valence-corrected chi connectivity index (χ3v) is 4.04. The highest BCUT2D eigenvalue weighted by molar-refractivity contribution is 5.16. The molecule has 97 valence electrons. The van der Waals surface area contributed by atoms with E-state index in [1.165, 1.54) is 24.8 Å². The van der Waals surface area contributed by atoms with E-state index < -0.39 is 0 Å². The Bertz CT molecular complexity index is 381. The molecule has 0 N–H and O–H groups in total. The average molecular weight is 245 g/mol. The number of ether oxygens (including phenoxy) is 2. The number of rotatable bonds is 2. The third-order valence-electron chi connectivity index (χ3n) is 4.04. The lowest BCUT2D eigenvalue weighted by molar-refractivity contribution is -0.191. The van der Waals surface area contributed by atoms with Gasteiger partial charge >= 0.3 is 0 Å². The fourth-order valence-electron chi connectivity index (χ4n) is 3.08. The van der Waals surface area contributed by atoms with Gasteiger partial charge in [0.1, 0.15) is 0 Å². The molecule has 1 saturated carbocycles. The lowest BCUT2D eigenvalue weighted by Gasteiger charge is -2.31. The number of benzene rings is 1. The van der Waals surface area contributed by atoms with Gasteiger partial charge in [-0.1, -0.05) is 36.8 Å². The fourth-order valence-corrected chi connectivity index (χ4v) is 3.08. The van der Waals surface area contributed by atoms with Crippen LogP contribution in [-0.2, 0) is 15.9 Å². The second-order valence-electron chi connectivity index (χ2n) is 5.47. The number of hydrogen-bond donors (Lipinski definition) is 0. The minimum Gasteiger partial charge on any atom is -0.344 e. The third kappa shape index (κ3) is 2.45. The Balaban J connectivity index is 1.67. The van der Waals surface area contributed by atoms with Gasteiger partial charge in [-0.3, -0.25) is 0 Å². The molecular formula is C16H21O2. The molecule has 3 rings (SSSR count). The first-order chi connectivity index (χ1) is 8.77. The van der Waals surface area contributed by atoms with Gasteiger partial charge in [0.2, 0.25) is 0 Å². The molecule has 1 aliphatic carbocycles. The van der Waals surface area contributed by atoms with Crippen molar-refractivity contribution in [1.82, 2.24) is 0 Å². The first-order valence-corrected chi connectivity index (χ1v) is 7.00. The van der Waals surface area contributed by atoms with E-state index in [4.69, 9.17) is 9.47 Å². The van der Waals surface area contributed by atoms with Gasteiger partial charge in [-0.05, 0) is 25.3 Å². The van der Waals surface area contributed by atoms with Crippen molar-refractivity contribution in [2.45, 2.75) is 56.5 Å². The van der Waals surface area contributed by atoms with Gasteiger partial charge in [0.05, 0.1) is 12.2 Å². The standard InChI is InChI=1S/C16H21O2/c1-13-15(12-14-8-4-2-5-9-14)18-16(17-13)10-6-3-7-11-16/h2,4-5,8-9,13,15H,1,3,6-7,10-12H2/t13-,15-/m1/s1. The van der Waals surface area contributed by atoms with Crippen LogP contribution < -0.4 is 0 Å². The van der Waals surface area contributed by atoms with Crippen LogP contribution in [-0.4, -0.2) is 18.0 Å². The van der Waals surface area contributed by atoms with Crippen molar-refractivity contribution in [2.24, 2.45) is 0 Å². The Morgan fingerprint density at radius 2 is 1.78 bits per heavy atom. The highest BCUT2D eigenvalue weighted by Gasteiger charge is 2.45. The summed E-state index contributed by atoms with van der Waals surface area (Å²) in [6.45, 7) is 4.12. The van der Waals surface area contributed by atoms with Gasteiger partial charge in [-0.15, -0.1) is 0 Å². The highest BCUT2D eigenvalue weighted by Crippen LogP contribution is 2.40. The average Bonchev–Trinajstić information content (AvgIpc) is 2.68. The van der Waals surface area contributed by atoms with Crippen molar-refractivity contribution in [1.29, 1.82) is 0 Å². The van der Waals surface area contributed by atoms with Crippen molar-refractivity contribution in [3.63, 3.8) is 0 Å². The zero-order valence-electron chi connectivity index (χ0n) is 10.8. The SMILES string of the molecule is [CH2][C@H]1OC2(CCCCC2)O[C@@H]1Cc1ccccc1. The lowest BCUT2D eigenvalue weighted by atomic mass is 9.94. The van der Waals surface area contributed by atoms with E-state index >= 15 is 0 Å². The quantitative estimate of drug-likeness (QED) is 0.794. The van der Waals surface area contributed by atoms with Gasteiger partial charge in [-0.25, -0.2) is 0 Å². The summed E-state index contributed by atoms with van der Waals surface area (Å²) in [7, 11) is 0. The minimum atomic E-state index is -0.315. The molecule has 0 unspecified atom stereocenters. The van der Waals surface area contributed by atoms with Crippen molar-refractivity contribution >= 4 is 0 Å². The van der Waals surface area contributed by atoms with Crippen LogP contribution in [0.3, 0.4) is 0 Å². The molecule has 18 heavy (non-hydrogen) atoms. The number of hydrogen-bond acceptors (Lipinski definition) is 2. The Labute approximate surface area is 109 Å². The largest absolute Gasteiger partial charge is 0.344 e. The van der Waals surface area contributed by atoms with Crippen LogP contribution in [0.2, 0.25) is 0 Å². The van der Waals surface area contributed by atoms with Gasteiger partial charge in [0.25, 0.3) is 0 Å². The molecule has 2 fully saturated rings. The van der Waals surface area contributed by atoms with Gasteiger partial charge in [-0.2, -0.15) is 0 Å². The molecule has 0 aromatic heterocycles. The normalized spacial score (nSPS) is 30.7. The Hall–Kier alpha value is -0.860. The fraction of sp³-hybridized carbons (Fsp3) is 0.562. The molecule has 2 atom stereocenters. The van der Waals surface area contributed by atoms with E-state index in [0.717, 1.165) is 19.3 Å². The van der Waals surface area contributed by atoms with Crippen LogP contribution in [0, 0.1) is 6.92 Å². The molecule has 2 aliphatic rings. The summed E-state index contributed by atoms with van der Waals surface area (Å²) in [5.74, 6) is -0.315. The first kappa shape index (κ1) is 12.2. The second-order valence-corrected chi connectivity index (χ2v) is 5.47. The van der Waals surface area contributed by atoms with E-state index in [-0.39, 0.29) is 18.0 Å². The predicted molar refractivity (Wildman–Crippen MR) is 71.1 cm³/mol. The van der Waals surface area contributed by atoms with E-state index in [1.54, 1.807) is 0 Å². The summed E-state index contributed by atoms with van der Waals surface area (Å²) < 4.78 is 12.3. The van der Waals surface area contributed by atoms with E-state index in [2.05, 4.69) is 31.2 Å². The van der Waals surface area contributed by atoms with Crippen molar-refractivity contribution in [3.05, 3.63) is 42.8 Å². The maximum absolute atomic E-state index is 6.22. The van der Waals surface area contributed by atoms with Crippen LogP contribution in [0.5, 0.6) is 0 Å². The second kappa shape index (κ2) is 5.02. The summed E-state index contributed by atoms with van der Waals surface area (Å²) in [6.07, 6.45) is 6.76. The van der Waals surface area contributed by atoms with E-state index in [0.29, 0.717) is 0 Å². The Kier molecular flexibility index (Phi) is 3.40. The van der Waals surface area contributed by atoms with Crippen LogP contribution in [0.25, 0.3) is 0 Å². The maximum atomic E-state index is 6.22. The molecule has 0 amide bonds. The zero-order valence-corrected chi connectivity index (χ0v) is 10.8. The zero-order chi connectivity index (χ0) is 12.4. The van der Waals surface area contributed by atoms with Crippen molar-refractivity contribution in [3.8, 4) is 0 Å². The molecule has 1 aromatic rings. The van der Waals surface area contributed by atoms with Crippen LogP contribution in [0.4, 0.5) is 0 Å². The van der Waals surface area contributed by atoms with E-state index in [9.17, 15) is 0 Å². The molecule has 1 saturated heterocycles.